The Morgan fingerprint density at radius 3 is 1.62 bits per heavy atom. The second kappa shape index (κ2) is 6.13. The van der Waals surface area contributed by atoms with Crippen molar-refractivity contribution >= 4 is 0 Å². The van der Waals surface area contributed by atoms with Crippen LogP contribution in [-0.2, 0) is 4.74 Å². The summed E-state index contributed by atoms with van der Waals surface area (Å²) in [7, 11) is 0. The van der Waals surface area contributed by atoms with Crippen LogP contribution < -0.4 is 0 Å². The monoisotopic (exact) mass is 386 g/mol. The van der Waals surface area contributed by atoms with Crippen molar-refractivity contribution < 1.29 is 57.4 Å². The molecule has 0 aromatic carbocycles. The van der Waals surface area contributed by atoms with E-state index in [1.165, 1.54) is 0 Å². The molecule has 0 aromatic heterocycles. The van der Waals surface area contributed by atoms with E-state index >= 15 is 0 Å². The predicted molar refractivity (Wildman–Crippen MR) is 54.3 cm³/mol. The topological polar surface area (TPSA) is 12.5 Å². The van der Waals surface area contributed by atoms with E-state index in [0.29, 0.717) is 0 Å². The first-order valence-electron chi connectivity index (χ1n) is 6.31. The maximum Gasteiger partial charge on any atom is 0.384 e. The van der Waals surface area contributed by atoms with Crippen LogP contribution in [0.1, 0.15) is 19.3 Å². The maximum absolute atomic E-state index is 13.3. The highest BCUT2D eigenvalue weighted by Crippen LogP contribution is 2.58. The van der Waals surface area contributed by atoms with Gasteiger partial charge in [-0.1, -0.05) is 0 Å². The number of epoxide rings is 1. The summed E-state index contributed by atoms with van der Waals surface area (Å²) < 4.78 is 158. The van der Waals surface area contributed by atoms with Crippen molar-refractivity contribution in [3.8, 4) is 0 Å². The summed E-state index contributed by atoms with van der Waals surface area (Å²) >= 11 is 0. The van der Waals surface area contributed by atoms with Gasteiger partial charge in [0.1, 0.15) is 0 Å². The van der Waals surface area contributed by atoms with Gasteiger partial charge in [0.05, 0.1) is 12.7 Å². The van der Waals surface area contributed by atoms with Crippen molar-refractivity contribution in [3.63, 3.8) is 0 Å². The number of alkyl halides is 12. The molecule has 1 heterocycles. The lowest BCUT2D eigenvalue weighted by atomic mass is 9.92. The van der Waals surface area contributed by atoms with Crippen LogP contribution in [0.4, 0.5) is 52.7 Å². The molecule has 0 N–H and O–H groups in total. The van der Waals surface area contributed by atoms with Gasteiger partial charge >= 0.3 is 36.0 Å². The molecule has 0 aromatic rings. The Labute approximate surface area is 126 Å². The van der Waals surface area contributed by atoms with Crippen molar-refractivity contribution in [2.45, 2.75) is 61.4 Å². The van der Waals surface area contributed by atoms with Gasteiger partial charge in [-0.2, -0.15) is 43.9 Å². The smallest absolute Gasteiger partial charge is 0.373 e. The van der Waals surface area contributed by atoms with Gasteiger partial charge in [-0.3, -0.25) is 0 Å². The zero-order valence-corrected chi connectivity index (χ0v) is 11.4. The van der Waals surface area contributed by atoms with Crippen LogP contribution in [0.15, 0.2) is 0 Å². The fraction of sp³-hybridized carbons (Fsp3) is 1.00. The molecule has 1 rings (SSSR count). The van der Waals surface area contributed by atoms with E-state index < -0.39 is 55.0 Å². The van der Waals surface area contributed by atoms with Gasteiger partial charge in [0.25, 0.3) is 0 Å². The van der Waals surface area contributed by atoms with Crippen LogP contribution in [0, 0.1) is 0 Å². The molecule has 0 spiro atoms. The van der Waals surface area contributed by atoms with Gasteiger partial charge in [0.2, 0.25) is 0 Å². The first kappa shape index (κ1) is 21.2. The Morgan fingerprint density at radius 1 is 0.792 bits per heavy atom. The minimum Gasteiger partial charge on any atom is -0.373 e. The summed E-state index contributed by atoms with van der Waals surface area (Å²) in [4.78, 5) is 0. The Bertz CT molecular complexity index is 442. The molecule has 0 radical (unpaired) electrons. The van der Waals surface area contributed by atoms with Crippen LogP contribution in [0.5, 0.6) is 0 Å². The minimum atomic E-state index is -7.43. The Morgan fingerprint density at radius 2 is 1.25 bits per heavy atom. The lowest BCUT2D eigenvalue weighted by Gasteiger charge is -2.39. The zero-order valence-electron chi connectivity index (χ0n) is 11.4. The third kappa shape index (κ3) is 3.27. The van der Waals surface area contributed by atoms with Crippen LogP contribution >= 0.6 is 0 Å². The van der Waals surface area contributed by atoms with Crippen molar-refractivity contribution in [1.82, 2.24) is 0 Å². The molecule has 0 saturated carbocycles. The van der Waals surface area contributed by atoms with Crippen LogP contribution in [-0.4, -0.2) is 48.7 Å². The summed E-state index contributed by atoms with van der Waals surface area (Å²) in [6, 6.07) is 0. The third-order valence-electron chi connectivity index (χ3n) is 3.36. The van der Waals surface area contributed by atoms with E-state index in [-0.39, 0.29) is 13.0 Å². The zero-order chi connectivity index (χ0) is 19.2. The molecule has 1 unspecified atom stereocenters. The van der Waals surface area contributed by atoms with E-state index in [0.717, 1.165) is 0 Å². The second-order valence-corrected chi connectivity index (χ2v) is 5.20. The summed E-state index contributed by atoms with van der Waals surface area (Å²) in [5, 5.41) is 0. The van der Waals surface area contributed by atoms with E-state index in [1.807, 2.05) is 0 Å². The van der Waals surface area contributed by atoms with Crippen molar-refractivity contribution in [2.24, 2.45) is 0 Å². The molecule has 0 amide bonds. The average molecular weight is 386 g/mol. The van der Waals surface area contributed by atoms with Crippen LogP contribution in [0.3, 0.4) is 0 Å². The Hall–Kier alpha value is -0.880. The van der Waals surface area contributed by atoms with Gasteiger partial charge in [0, 0.05) is 6.42 Å². The molecular formula is C11H10F12O. The molecule has 1 nitrogen and oxygen atoms in total. The molecule has 1 saturated heterocycles. The van der Waals surface area contributed by atoms with Crippen molar-refractivity contribution in [1.29, 1.82) is 0 Å². The first-order chi connectivity index (χ1) is 10.5. The van der Waals surface area contributed by atoms with Gasteiger partial charge in [-0.15, -0.1) is 0 Å². The highest BCUT2D eigenvalue weighted by molar-refractivity contribution is 5.09. The fourth-order valence-corrected chi connectivity index (χ4v) is 1.72. The minimum absolute atomic E-state index is 0.108. The predicted octanol–water partition coefficient (Wildman–Crippen LogP) is 5.00. The lowest BCUT2D eigenvalue weighted by Crippen LogP contribution is -2.68. The standard InChI is InChI=1S/C11H10F12O/c12-6(13)8(16,17)10(20,21)11(22,23)9(18,19)7(14,15)3-1-2-5-4-24-5/h5-6H,1-4H2. The molecule has 13 heteroatoms. The van der Waals surface area contributed by atoms with Gasteiger partial charge in [-0.05, 0) is 12.8 Å². The van der Waals surface area contributed by atoms with E-state index in [9.17, 15) is 52.7 Å². The van der Waals surface area contributed by atoms with Crippen LogP contribution in [0.25, 0.3) is 0 Å². The third-order valence-corrected chi connectivity index (χ3v) is 3.36. The Balaban J connectivity index is 3.06. The lowest BCUT2D eigenvalue weighted by molar-refractivity contribution is -0.413. The normalized spacial score (nSPS) is 20.6. The summed E-state index contributed by atoms with van der Waals surface area (Å²) in [5.41, 5.74) is 0. The largest absolute Gasteiger partial charge is 0.384 e. The average Bonchev–Trinajstić information content (AvgIpc) is 3.21. The molecule has 144 valence electrons. The van der Waals surface area contributed by atoms with Gasteiger partial charge < -0.3 is 4.74 Å². The number of hydrogen-bond donors (Lipinski definition) is 0. The SMILES string of the molecule is FC(F)C(F)(F)C(F)(F)C(F)(F)C(F)(F)C(F)(F)CCCC1CO1. The van der Waals surface area contributed by atoms with E-state index in [4.69, 9.17) is 0 Å². The molecule has 0 aliphatic carbocycles. The molecule has 1 atom stereocenters. The first-order valence-corrected chi connectivity index (χ1v) is 6.31. The summed E-state index contributed by atoms with van der Waals surface area (Å²) in [5.74, 6) is -34.6. The summed E-state index contributed by atoms with van der Waals surface area (Å²) in [6.07, 6.45) is -9.23. The van der Waals surface area contributed by atoms with E-state index in [2.05, 4.69) is 4.74 Å². The molecular weight excluding hydrogens is 376 g/mol. The van der Waals surface area contributed by atoms with Crippen molar-refractivity contribution in [3.05, 3.63) is 0 Å². The number of hydrogen-bond acceptors (Lipinski definition) is 1. The van der Waals surface area contributed by atoms with Crippen molar-refractivity contribution in [2.75, 3.05) is 6.61 Å². The number of rotatable bonds is 9. The number of ether oxygens (including phenoxy) is 1. The second-order valence-electron chi connectivity index (χ2n) is 5.20. The summed E-state index contributed by atoms with van der Waals surface area (Å²) in [6.45, 7) is 0.108. The number of halogens is 12. The highest BCUT2D eigenvalue weighted by Gasteiger charge is 2.87. The molecule has 1 fully saturated rings. The van der Waals surface area contributed by atoms with E-state index in [1.54, 1.807) is 0 Å². The van der Waals surface area contributed by atoms with Gasteiger partial charge in [-0.25, -0.2) is 8.78 Å². The molecule has 1 aliphatic heterocycles. The highest BCUT2D eigenvalue weighted by atomic mass is 19.4. The maximum atomic E-state index is 13.3. The molecule has 1 aliphatic rings. The molecule has 24 heavy (non-hydrogen) atoms. The Kier molecular flexibility index (Phi) is 5.41. The molecule has 0 bridgehead atoms. The van der Waals surface area contributed by atoms with Crippen LogP contribution in [0.2, 0.25) is 0 Å². The quantitative estimate of drug-likeness (QED) is 0.402. The van der Waals surface area contributed by atoms with Gasteiger partial charge in [0.15, 0.2) is 0 Å². The fourth-order valence-electron chi connectivity index (χ4n) is 1.72.